The molecule has 0 aliphatic carbocycles. The Balaban J connectivity index is 3.14. The van der Waals surface area contributed by atoms with E-state index in [4.69, 9.17) is 10.2 Å². The van der Waals surface area contributed by atoms with E-state index in [1.54, 1.807) is 0 Å². The van der Waals surface area contributed by atoms with Crippen LogP contribution in [-0.4, -0.2) is 28.8 Å². The highest BCUT2D eigenvalue weighted by Crippen LogP contribution is 2.33. The minimum atomic E-state index is -4.72. The number of nitrogens with one attached hydrogen (secondary N) is 1. The normalized spacial score (nSPS) is 13.3. The van der Waals surface area contributed by atoms with Crippen molar-refractivity contribution in [2.45, 2.75) is 26.1 Å². The molecule has 3 N–H and O–H groups in total. The number of aliphatic hydroxyl groups excluding tert-OH is 1. The zero-order chi connectivity index (χ0) is 15.5. The van der Waals surface area contributed by atoms with E-state index >= 15 is 0 Å². The molecule has 112 valence electrons. The predicted molar refractivity (Wildman–Crippen MR) is 67.7 cm³/mol. The molecule has 0 unspecified atom stereocenters. The van der Waals surface area contributed by atoms with Crippen molar-refractivity contribution in [1.29, 1.82) is 0 Å². The Morgan fingerprint density at radius 1 is 1.35 bits per heavy atom. The Hall–Kier alpha value is -1.76. The molecule has 0 aromatic heterocycles. The van der Waals surface area contributed by atoms with Crippen LogP contribution in [0.25, 0.3) is 0 Å². The molecular weight excluding hydrogens is 275 g/mol. The van der Waals surface area contributed by atoms with Crippen molar-refractivity contribution in [2.75, 3.05) is 11.9 Å². The van der Waals surface area contributed by atoms with Gasteiger partial charge in [-0.3, -0.25) is 0 Å². The fourth-order valence-corrected chi connectivity index (χ4v) is 1.70. The molecule has 0 aliphatic rings. The number of halogens is 3. The predicted octanol–water partition coefficient (Wildman–Crippen LogP) is 2.83. The SMILES string of the molecule is CC(C)[C@@H](CO)Nc1ccc(C(F)(F)F)c(C(=O)O)c1. The van der Waals surface area contributed by atoms with Gasteiger partial charge < -0.3 is 15.5 Å². The summed E-state index contributed by atoms with van der Waals surface area (Å²) in [5.74, 6) is -1.61. The molecule has 0 radical (unpaired) electrons. The Morgan fingerprint density at radius 3 is 2.35 bits per heavy atom. The van der Waals surface area contributed by atoms with Crippen molar-refractivity contribution in [2.24, 2.45) is 5.92 Å². The first-order chi connectivity index (χ1) is 9.16. The zero-order valence-corrected chi connectivity index (χ0v) is 11.0. The summed E-state index contributed by atoms with van der Waals surface area (Å²) in [5.41, 5.74) is -1.79. The van der Waals surface area contributed by atoms with Gasteiger partial charge in [-0.2, -0.15) is 13.2 Å². The van der Waals surface area contributed by atoms with E-state index in [9.17, 15) is 18.0 Å². The van der Waals surface area contributed by atoms with Gasteiger partial charge >= 0.3 is 12.1 Å². The van der Waals surface area contributed by atoms with Gasteiger partial charge in [-0.25, -0.2) is 4.79 Å². The van der Waals surface area contributed by atoms with Crippen LogP contribution in [-0.2, 0) is 6.18 Å². The van der Waals surface area contributed by atoms with E-state index in [-0.39, 0.29) is 24.3 Å². The molecule has 1 rings (SSSR count). The molecule has 0 fully saturated rings. The summed E-state index contributed by atoms with van der Waals surface area (Å²) < 4.78 is 38.0. The molecule has 20 heavy (non-hydrogen) atoms. The number of hydrogen-bond acceptors (Lipinski definition) is 3. The van der Waals surface area contributed by atoms with E-state index in [1.807, 2.05) is 13.8 Å². The topological polar surface area (TPSA) is 69.6 Å². The van der Waals surface area contributed by atoms with Gasteiger partial charge in [-0.05, 0) is 24.1 Å². The number of aromatic carboxylic acids is 1. The van der Waals surface area contributed by atoms with Gasteiger partial charge in [0, 0.05) is 5.69 Å². The van der Waals surface area contributed by atoms with Crippen LogP contribution in [0.5, 0.6) is 0 Å². The molecule has 0 spiro atoms. The standard InChI is InChI=1S/C13H16F3NO3/c1-7(2)11(6-18)17-8-3-4-10(13(14,15)16)9(5-8)12(19)20/h3-5,7,11,17-18H,6H2,1-2H3,(H,19,20)/t11-/m1/s1. The summed E-state index contributed by atoms with van der Waals surface area (Å²) in [4.78, 5) is 10.9. The van der Waals surface area contributed by atoms with Crippen molar-refractivity contribution in [3.05, 3.63) is 29.3 Å². The molecule has 0 saturated carbocycles. The molecule has 4 nitrogen and oxygen atoms in total. The lowest BCUT2D eigenvalue weighted by Gasteiger charge is -2.22. The maximum absolute atomic E-state index is 12.7. The third kappa shape index (κ3) is 3.86. The second kappa shape index (κ2) is 6.13. The Kier molecular flexibility index (Phi) is 4.99. The van der Waals surface area contributed by atoms with E-state index in [0.29, 0.717) is 0 Å². The van der Waals surface area contributed by atoms with Crippen LogP contribution < -0.4 is 5.32 Å². The highest BCUT2D eigenvalue weighted by molar-refractivity contribution is 5.91. The number of aliphatic hydroxyl groups is 1. The number of carboxylic acid groups (broad SMARTS) is 1. The van der Waals surface area contributed by atoms with E-state index in [2.05, 4.69) is 5.32 Å². The lowest BCUT2D eigenvalue weighted by Crippen LogP contribution is -2.29. The molecule has 0 aliphatic heterocycles. The number of carboxylic acids is 1. The van der Waals surface area contributed by atoms with Gasteiger partial charge in [-0.1, -0.05) is 13.8 Å². The van der Waals surface area contributed by atoms with Crippen LogP contribution in [0.3, 0.4) is 0 Å². The number of alkyl halides is 3. The monoisotopic (exact) mass is 291 g/mol. The summed E-state index contributed by atoms with van der Waals surface area (Å²) in [7, 11) is 0. The van der Waals surface area contributed by atoms with Gasteiger partial charge in [0.1, 0.15) is 0 Å². The average molecular weight is 291 g/mol. The number of rotatable bonds is 5. The second-order valence-corrected chi connectivity index (χ2v) is 4.74. The van der Waals surface area contributed by atoms with Gasteiger partial charge in [-0.15, -0.1) is 0 Å². The average Bonchev–Trinajstić information content (AvgIpc) is 2.33. The lowest BCUT2D eigenvalue weighted by molar-refractivity contribution is -0.138. The van der Waals surface area contributed by atoms with Crippen molar-refractivity contribution in [1.82, 2.24) is 0 Å². The maximum Gasteiger partial charge on any atom is 0.417 e. The van der Waals surface area contributed by atoms with E-state index in [1.165, 1.54) is 0 Å². The first-order valence-corrected chi connectivity index (χ1v) is 5.98. The highest BCUT2D eigenvalue weighted by Gasteiger charge is 2.35. The number of carbonyl (C=O) groups is 1. The largest absolute Gasteiger partial charge is 0.478 e. The van der Waals surface area contributed by atoms with Crippen LogP contribution in [0, 0.1) is 5.92 Å². The zero-order valence-electron chi connectivity index (χ0n) is 11.0. The van der Waals surface area contributed by atoms with Gasteiger partial charge in [0.15, 0.2) is 0 Å². The second-order valence-electron chi connectivity index (χ2n) is 4.74. The van der Waals surface area contributed by atoms with Gasteiger partial charge in [0.05, 0.1) is 23.8 Å². The van der Waals surface area contributed by atoms with Crippen LogP contribution >= 0.6 is 0 Å². The Labute approximate surface area is 114 Å². The summed E-state index contributed by atoms with van der Waals surface area (Å²) >= 11 is 0. The maximum atomic E-state index is 12.7. The van der Waals surface area contributed by atoms with Gasteiger partial charge in [0.25, 0.3) is 0 Å². The molecule has 0 amide bonds. The summed E-state index contributed by atoms with van der Waals surface area (Å²) in [6.07, 6.45) is -4.72. The van der Waals surface area contributed by atoms with Crippen LogP contribution in [0.15, 0.2) is 18.2 Å². The van der Waals surface area contributed by atoms with Crippen LogP contribution in [0.2, 0.25) is 0 Å². The minimum Gasteiger partial charge on any atom is -0.478 e. The Bertz CT molecular complexity index is 486. The van der Waals surface area contributed by atoms with Crippen LogP contribution in [0.4, 0.5) is 18.9 Å². The Morgan fingerprint density at radius 2 is 1.95 bits per heavy atom. The molecular formula is C13H16F3NO3. The molecule has 1 aromatic carbocycles. The van der Waals surface area contributed by atoms with Gasteiger partial charge in [0.2, 0.25) is 0 Å². The van der Waals surface area contributed by atoms with Crippen molar-refractivity contribution < 1.29 is 28.2 Å². The third-order valence-corrected chi connectivity index (χ3v) is 2.91. The number of hydrogen-bond donors (Lipinski definition) is 3. The quantitative estimate of drug-likeness (QED) is 0.780. The first-order valence-electron chi connectivity index (χ1n) is 5.98. The first kappa shape index (κ1) is 16.3. The van der Waals surface area contributed by atoms with Crippen molar-refractivity contribution in [3.63, 3.8) is 0 Å². The lowest BCUT2D eigenvalue weighted by atomic mass is 10.0. The fourth-order valence-electron chi connectivity index (χ4n) is 1.70. The number of anilines is 1. The summed E-state index contributed by atoms with van der Waals surface area (Å²) in [6.45, 7) is 3.45. The summed E-state index contributed by atoms with van der Waals surface area (Å²) in [5, 5.41) is 20.9. The molecule has 1 aromatic rings. The molecule has 0 heterocycles. The minimum absolute atomic E-state index is 0.0376. The summed E-state index contributed by atoms with van der Waals surface area (Å²) in [6, 6.07) is 2.44. The van der Waals surface area contributed by atoms with E-state index < -0.39 is 23.3 Å². The van der Waals surface area contributed by atoms with Crippen molar-refractivity contribution >= 4 is 11.7 Å². The molecule has 7 heteroatoms. The molecule has 0 bridgehead atoms. The molecule has 1 atom stereocenters. The van der Waals surface area contributed by atoms with E-state index in [0.717, 1.165) is 18.2 Å². The highest BCUT2D eigenvalue weighted by atomic mass is 19.4. The fraction of sp³-hybridized carbons (Fsp3) is 0.462. The molecule has 0 saturated heterocycles. The smallest absolute Gasteiger partial charge is 0.417 e. The van der Waals surface area contributed by atoms with Crippen LogP contribution in [0.1, 0.15) is 29.8 Å². The number of benzene rings is 1. The van der Waals surface area contributed by atoms with Crippen molar-refractivity contribution in [3.8, 4) is 0 Å². The third-order valence-electron chi connectivity index (χ3n) is 2.91.